The zero-order valence-electron chi connectivity index (χ0n) is 20.0. The van der Waals surface area contributed by atoms with Crippen LogP contribution in [0.25, 0.3) is 10.9 Å². The molecule has 1 heterocycles. The van der Waals surface area contributed by atoms with E-state index in [-0.39, 0.29) is 5.04 Å². The molecule has 1 aromatic heterocycles. The average molecular weight is 471 g/mol. The summed E-state index contributed by atoms with van der Waals surface area (Å²) in [6.07, 6.45) is 1.79. The van der Waals surface area contributed by atoms with Crippen molar-refractivity contribution < 1.29 is 8.95 Å². The molecular weight excluding hydrogens is 436 g/mol. The van der Waals surface area contributed by atoms with E-state index in [4.69, 9.17) is 8.77 Å². The number of ether oxygens (including phenoxy) is 1. The first-order chi connectivity index (χ1) is 15.0. The van der Waals surface area contributed by atoms with Crippen LogP contribution in [0, 0.1) is 0 Å². The highest BCUT2D eigenvalue weighted by Crippen LogP contribution is 2.38. The molecule has 6 nitrogen and oxygen atoms in total. The number of anilines is 1. The number of pyridine rings is 1. The molecule has 0 saturated heterocycles. The van der Waals surface area contributed by atoms with Crippen LogP contribution >= 0.6 is 0 Å². The number of rotatable bonds is 7. The Hall–Kier alpha value is -2.42. The van der Waals surface area contributed by atoms with Crippen LogP contribution in [0.1, 0.15) is 26.3 Å². The van der Waals surface area contributed by atoms with Crippen molar-refractivity contribution in [2.24, 2.45) is 4.03 Å². The molecule has 1 atom stereocenters. The third-order valence-corrected chi connectivity index (χ3v) is 14.1. The van der Waals surface area contributed by atoms with E-state index in [0.717, 1.165) is 32.8 Å². The van der Waals surface area contributed by atoms with E-state index in [0.29, 0.717) is 6.54 Å². The fraction of sp³-hybridized carbons (Fsp3) is 0.375. The number of methoxy groups -OCH3 is 1. The molecule has 1 unspecified atom stereocenters. The van der Waals surface area contributed by atoms with Crippen molar-refractivity contribution in [1.29, 1.82) is 0 Å². The lowest BCUT2D eigenvalue weighted by Crippen LogP contribution is -2.38. The second-order valence-electron chi connectivity index (χ2n) is 9.37. The van der Waals surface area contributed by atoms with Gasteiger partial charge in [-0.15, -0.1) is 0 Å². The molecule has 3 rings (SSSR count). The highest BCUT2D eigenvalue weighted by Gasteiger charge is 2.37. The molecule has 2 N–H and O–H groups in total. The smallest absolute Gasteiger partial charge is 0.195 e. The molecule has 0 amide bonds. The zero-order chi connectivity index (χ0) is 23.6. The molecule has 32 heavy (non-hydrogen) atoms. The first-order valence-corrected chi connectivity index (χ1v) is 15.2. The van der Waals surface area contributed by atoms with Crippen molar-refractivity contribution in [3.8, 4) is 5.75 Å². The van der Waals surface area contributed by atoms with Crippen LogP contribution in [0.15, 0.2) is 63.7 Å². The molecule has 172 valence electrons. The Balaban J connectivity index is 1.82. The molecule has 0 aliphatic heterocycles. The number of nitrogens with one attached hydrogen (secondary N) is 2. The maximum atomic E-state index is 13.6. The number of aromatic nitrogens is 1. The van der Waals surface area contributed by atoms with Crippen molar-refractivity contribution >= 4 is 34.7 Å². The molecule has 0 spiro atoms. The standard InChI is InChI=1S/C24H34N4O2SSi/c1-24(2,3)32(6,7)28-31(29,25-4)20-11-8-18(9-12-20)17-27-22-14-15-26-23-16-19(30-5)10-13-21(22)23/h8-16H,17H2,1-7H3,(H,26,27)(H,25,28,29). The molecule has 0 bridgehead atoms. The van der Waals surface area contributed by atoms with Gasteiger partial charge in [0.05, 0.1) is 17.5 Å². The van der Waals surface area contributed by atoms with Gasteiger partial charge in [0.15, 0.2) is 8.24 Å². The normalized spacial score (nSPS) is 14.1. The summed E-state index contributed by atoms with van der Waals surface area (Å²) in [5.41, 5.74) is 2.98. The highest BCUT2D eigenvalue weighted by molar-refractivity contribution is 7.92. The van der Waals surface area contributed by atoms with Crippen LogP contribution in [-0.4, -0.2) is 31.6 Å². The molecular formula is C24H34N4O2SSi. The Morgan fingerprint density at radius 3 is 2.38 bits per heavy atom. The maximum absolute atomic E-state index is 13.6. The van der Waals surface area contributed by atoms with Gasteiger partial charge >= 0.3 is 0 Å². The van der Waals surface area contributed by atoms with Crippen LogP contribution in [0.3, 0.4) is 0 Å². The van der Waals surface area contributed by atoms with Gasteiger partial charge in [-0.2, -0.15) is 0 Å². The summed E-state index contributed by atoms with van der Waals surface area (Å²) in [5, 5.41) is 4.55. The van der Waals surface area contributed by atoms with Gasteiger partial charge in [-0.1, -0.05) is 32.9 Å². The van der Waals surface area contributed by atoms with Gasteiger partial charge in [-0.3, -0.25) is 9.01 Å². The van der Waals surface area contributed by atoms with Gasteiger partial charge in [0.1, 0.15) is 15.7 Å². The lowest BCUT2D eigenvalue weighted by molar-refractivity contribution is 0.415. The summed E-state index contributed by atoms with van der Waals surface area (Å²) in [5.74, 6) is 0.786. The number of fused-ring (bicyclic) bond motifs is 1. The third-order valence-electron chi connectivity index (χ3n) is 6.14. The molecule has 0 radical (unpaired) electrons. The SMILES string of the molecule is CNS(=O)(=N[Si](C)(C)C(C)(C)C)c1ccc(CNc2ccnc3cc(OC)ccc23)cc1. The van der Waals surface area contributed by atoms with Crippen LogP contribution in [-0.2, 0) is 16.5 Å². The molecule has 0 aliphatic carbocycles. The highest BCUT2D eigenvalue weighted by atomic mass is 32.2. The minimum absolute atomic E-state index is 0.0215. The van der Waals surface area contributed by atoms with Crippen molar-refractivity contribution in [2.75, 3.05) is 19.5 Å². The van der Waals surface area contributed by atoms with Crippen molar-refractivity contribution in [2.45, 2.75) is 50.3 Å². The van der Waals surface area contributed by atoms with Gasteiger partial charge in [-0.05, 0) is 61.1 Å². The van der Waals surface area contributed by atoms with E-state index in [1.807, 2.05) is 48.5 Å². The summed E-state index contributed by atoms with van der Waals surface area (Å²) >= 11 is 0. The predicted molar refractivity (Wildman–Crippen MR) is 137 cm³/mol. The number of hydrogen-bond acceptors (Lipinski definition) is 5. The second-order valence-corrected chi connectivity index (χ2v) is 16.6. The lowest BCUT2D eigenvalue weighted by atomic mass is 10.1. The van der Waals surface area contributed by atoms with Crippen molar-refractivity contribution in [1.82, 2.24) is 9.71 Å². The fourth-order valence-corrected chi connectivity index (χ4v) is 8.27. The maximum Gasteiger partial charge on any atom is 0.195 e. The van der Waals surface area contributed by atoms with Gasteiger partial charge in [0, 0.05) is 29.9 Å². The van der Waals surface area contributed by atoms with Crippen molar-refractivity contribution in [3.05, 3.63) is 60.3 Å². The van der Waals surface area contributed by atoms with E-state index < -0.39 is 18.2 Å². The van der Waals surface area contributed by atoms with E-state index >= 15 is 0 Å². The Bertz CT molecular complexity index is 1210. The molecule has 3 aromatic rings. The van der Waals surface area contributed by atoms with Gasteiger partial charge in [-0.25, -0.2) is 8.93 Å². The van der Waals surface area contributed by atoms with Crippen LogP contribution in [0.5, 0.6) is 5.75 Å². The number of benzene rings is 2. The molecule has 0 saturated carbocycles. The summed E-state index contributed by atoms with van der Waals surface area (Å²) in [6, 6.07) is 15.7. The zero-order valence-corrected chi connectivity index (χ0v) is 21.8. The first kappa shape index (κ1) is 24.2. The Kier molecular flexibility index (Phi) is 6.97. The number of nitrogens with zero attached hydrogens (tertiary/aromatic N) is 2. The minimum Gasteiger partial charge on any atom is -0.497 e. The Morgan fingerprint density at radius 1 is 1.09 bits per heavy atom. The van der Waals surface area contributed by atoms with Crippen molar-refractivity contribution in [3.63, 3.8) is 0 Å². The van der Waals surface area contributed by atoms with E-state index in [9.17, 15) is 4.21 Å². The fourth-order valence-electron chi connectivity index (χ4n) is 3.07. The minimum atomic E-state index is -2.67. The quantitative estimate of drug-likeness (QED) is 0.427. The number of hydrogen-bond donors (Lipinski definition) is 2. The molecule has 0 aliphatic rings. The monoisotopic (exact) mass is 470 g/mol. The summed E-state index contributed by atoms with van der Waals surface area (Å²) < 4.78 is 26.8. The second kappa shape index (κ2) is 9.21. The van der Waals surface area contributed by atoms with Crippen LogP contribution < -0.4 is 14.8 Å². The Morgan fingerprint density at radius 2 is 1.78 bits per heavy atom. The molecule has 0 fully saturated rings. The van der Waals surface area contributed by atoms with Crippen LogP contribution in [0.4, 0.5) is 5.69 Å². The topological polar surface area (TPSA) is 75.6 Å². The van der Waals surface area contributed by atoms with Gasteiger partial charge in [0.2, 0.25) is 0 Å². The summed E-state index contributed by atoms with van der Waals surface area (Å²) in [7, 11) is -1.39. The lowest BCUT2D eigenvalue weighted by Gasteiger charge is -2.33. The van der Waals surface area contributed by atoms with E-state index in [2.05, 4.69) is 48.9 Å². The predicted octanol–water partition coefficient (Wildman–Crippen LogP) is 5.82. The molecule has 2 aromatic carbocycles. The van der Waals surface area contributed by atoms with Crippen LogP contribution in [0.2, 0.25) is 18.1 Å². The first-order valence-electron chi connectivity index (χ1n) is 10.7. The largest absolute Gasteiger partial charge is 0.497 e. The van der Waals surface area contributed by atoms with E-state index in [1.54, 1.807) is 20.4 Å². The summed E-state index contributed by atoms with van der Waals surface area (Å²) in [4.78, 5) is 5.15. The van der Waals surface area contributed by atoms with Gasteiger partial charge in [0.25, 0.3) is 0 Å². The van der Waals surface area contributed by atoms with E-state index in [1.165, 1.54) is 0 Å². The molecule has 8 heteroatoms. The Labute approximate surface area is 193 Å². The summed E-state index contributed by atoms with van der Waals surface area (Å²) in [6.45, 7) is 11.5. The third kappa shape index (κ3) is 5.14. The average Bonchev–Trinajstić information content (AvgIpc) is 2.76. The van der Waals surface area contributed by atoms with Gasteiger partial charge < -0.3 is 10.1 Å².